The molecule has 0 aliphatic carbocycles. The summed E-state index contributed by atoms with van der Waals surface area (Å²) in [5.41, 5.74) is -0.581. The number of amides is 1. The van der Waals surface area contributed by atoms with Crippen LogP contribution in [0.1, 0.15) is 5.56 Å². The lowest BCUT2D eigenvalue weighted by Crippen LogP contribution is -2.57. The minimum absolute atomic E-state index is 0.162. The fraction of sp³-hybridized carbons (Fsp3) is 0.364. The average Bonchev–Trinajstić information content (AvgIpc) is 2.37. The first-order chi connectivity index (χ1) is 9.73. The van der Waals surface area contributed by atoms with E-state index in [0.29, 0.717) is 0 Å². The van der Waals surface area contributed by atoms with Crippen LogP contribution in [0.4, 0.5) is 36.4 Å². The highest BCUT2D eigenvalue weighted by Gasteiger charge is 2.76. The van der Waals surface area contributed by atoms with Crippen molar-refractivity contribution in [1.29, 1.82) is 0 Å². The van der Waals surface area contributed by atoms with Gasteiger partial charge in [-0.1, -0.05) is 17.7 Å². The number of carbonyl (C=O) groups excluding carboxylic acids is 1. The van der Waals surface area contributed by atoms with Crippen LogP contribution in [-0.4, -0.2) is 29.0 Å². The molecule has 1 aromatic rings. The number of benzene rings is 1. The van der Waals surface area contributed by atoms with Crippen molar-refractivity contribution in [3.63, 3.8) is 0 Å². The van der Waals surface area contributed by atoms with E-state index in [-0.39, 0.29) is 5.56 Å². The number of halogens is 8. The molecule has 0 aliphatic rings. The van der Waals surface area contributed by atoms with Gasteiger partial charge in [0.25, 0.3) is 0 Å². The molecule has 0 unspecified atom stereocenters. The summed E-state index contributed by atoms with van der Waals surface area (Å²) in [4.78, 5) is 11.1. The van der Waals surface area contributed by atoms with E-state index in [1.165, 1.54) is 6.92 Å². The number of phenolic OH excluding ortho intramolecular Hbond substituents is 1. The molecule has 1 rings (SSSR count). The Labute approximate surface area is 123 Å². The molecular formula is C11H7ClF7NO2. The molecule has 0 aromatic heterocycles. The van der Waals surface area contributed by atoms with Gasteiger partial charge in [0, 0.05) is 0 Å². The smallest absolute Gasteiger partial charge is 0.460 e. The van der Waals surface area contributed by atoms with Gasteiger partial charge in [0.15, 0.2) is 0 Å². The molecule has 0 spiro atoms. The maximum atomic E-state index is 13.1. The second-order valence-corrected chi connectivity index (χ2v) is 4.57. The lowest BCUT2D eigenvalue weighted by Gasteiger charge is -2.27. The Kier molecular flexibility index (Phi) is 4.57. The Hall–Kier alpha value is -1.71. The number of carbonyl (C=O) groups is 1. The van der Waals surface area contributed by atoms with Crippen molar-refractivity contribution in [2.24, 2.45) is 0 Å². The van der Waals surface area contributed by atoms with Crippen molar-refractivity contribution >= 4 is 23.2 Å². The van der Waals surface area contributed by atoms with Crippen LogP contribution < -0.4 is 5.32 Å². The molecule has 124 valence electrons. The second kappa shape index (κ2) is 5.49. The Balaban J connectivity index is 3.15. The predicted octanol–water partition coefficient (Wildman–Crippen LogP) is 4.13. The maximum Gasteiger partial charge on any atom is 0.460 e. The van der Waals surface area contributed by atoms with E-state index in [2.05, 4.69) is 0 Å². The highest BCUT2D eigenvalue weighted by molar-refractivity contribution is 6.35. The van der Waals surface area contributed by atoms with E-state index < -0.39 is 40.4 Å². The minimum Gasteiger partial charge on any atom is -0.506 e. The van der Waals surface area contributed by atoms with Gasteiger partial charge in [-0.05, 0) is 18.6 Å². The van der Waals surface area contributed by atoms with Gasteiger partial charge >= 0.3 is 23.9 Å². The predicted molar refractivity (Wildman–Crippen MR) is 62.4 cm³/mol. The van der Waals surface area contributed by atoms with Crippen LogP contribution in [0.2, 0.25) is 5.02 Å². The van der Waals surface area contributed by atoms with Crippen LogP contribution >= 0.6 is 11.6 Å². The third-order valence-electron chi connectivity index (χ3n) is 2.60. The average molecular weight is 354 g/mol. The molecule has 3 nitrogen and oxygen atoms in total. The first kappa shape index (κ1) is 18.3. The monoisotopic (exact) mass is 353 g/mol. The van der Waals surface area contributed by atoms with Gasteiger partial charge < -0.3 is 10.4 Å². The SMILES string of the molecule is Cc1ccc(NC(=O)C(F)(F)C(F)(F)C(F)(F)F)c(Cl)c1O. The van der Waals surface area contributed by atoms with Crippen molar-refractivity contribution in [2.45, 2.75) is 24.9 Å². The van der Waals surface area contributed by atoms with E-state index in [1.807, 2.05) is 0 Å². The molecule has 0 saturated carbocycles. The van der Waals surface area contributed by atoms with E-state index in [9.17, 15) is 40.6 Å². The summed E-state index contributed by atoms with van der Waals surface area (Å²) in [6.07, 6.45) is -6.63. The Bertz CT molecular complexity index is 601. The van der Waals surface area contributed by atoms with E-state index >= 15 is 0 Å². The third kappa shape index (κ3) is 2.92. The first-order valence-corrected chi connectivity index (χ1v) is 5.73. The van der Waals surface area contributed by atoms with Crippen LogP contribution in [0.3, 0.4) is 0 Å². The minimum atomic E-state index is -6.63. The summed E-state index contributed by atoms with van der Waals surface area (Å²) in [7, 11) is 0. The number of hydrogen-bond acceptors (Lipinski definition) is 2. The zero-order valence-corrected chi connectivity index (χ0v) is 11.3. The summed E-state index contributed by atoms with van der Waals surface area (Å²) >= 11 is 5.48. The van der Waals surface area contributed by atoms with Crippen LogP contribution in [0, 0.1) is 6.92 Å². The topological polar surface area (TPSA) is 49.3 Å². The fourth-order valence-electron chi connectivity index (χ4n) is 1.28. The first-order valence-electron chi connectivity index (χ1n) is 5.35. The second-order valence-electron chi connectivity index (χ2n) is 4.19. The van der Waals surface area contributed by atoms with Crippen molar-refractivity contribution in [2.75, 3.05) is 5.32 Å². The molecule has 0 bridgehead atoms. The van der Waals surface area contributed by atoms with Gasteiger partial charge in [-0.3, -0.25) is 4.79 Å². The van der Waals surface area contributed by atoms with Crippen molar-refractivity contribution in [3.8, 4) is 5.75 Å². The van der Waals surface area contributed by atoms with Crippen LogP contribution in [0.25, 0.3) is 0 Å². The Morgan fingerprint density at radius 3 is 2.09 bits per heavy atom. The Morgan fingerprint density at radius 2 is 1.64 bits per heavy atom. The molecule has 0 aliphatic heterocycles. The molecule has 0 radical (unpaired) electrons. The lowest BCUT2D eigenvalue weighted by molar-refractivity contribution is -0.343. The molecular weight excluding hydrogens is 347 g/mol. The van der Waals surface area contributed by atoms with Gasteiger partial charge in [0.2, 0.25) is 0 Å². The normalized spacial score (nSPS) is 13.1. The number of alkyl halides is 7. The zero-order valence-electron chi connectivity index (χ0n) is 10.5. The highest BCUT2D eigenvalue weighted by atomic mass is 35.5. The summed E-state index contributed by atoms with van der Waals surface area (Å²) in [5.74, 6) is -16.2. The number of phenols is 1. The summed E-state index contributed by atoms with van der Waals surface area (Å²) in [6.45, 7) is 1.35. The summed E-state index contributed by atoms with van der Waals surface area (Å²) < 4.78 is 87.4. The molecule has 0 atom stereocenters. The number of aromatic hydroxyl groups is 1. The van der Waals surface area contributed by atoms with E-state index in [0.717, 1.165) is 17.4 Å². The van der Waals surface area contributed by atoms with Gasteiger partial charge in [0.05, 0.1) is 5.69 Å². The van der Waals surface area contributed by atoms with Crippen LogP contribution in [0.15, 0.2) is 12.1 Å². The van der Waals surface area contributed by atoms with E-state index in [4.69, 9.17) is 11.6 Å². The standard InChI is InChI=1S/C11H7ClF7NO2/c1-4-2-3-5(6(12)7(4)21)20-8(22)9(13,14)10(15,16)11(17,18)19/h2-3,21H,1H3,(H,20,22). The molecule has 22 heavy (non-hydrogen) atoms. The summed E-state index contributed by atoms with van der Waals surface area (Å²) in [5, 5.41) is 9.85. The molecule has 2 N–H and O–H groups in total. The largest absolute Gasteiger partial charge is 0.506 e. The summed E-state index contributed by atoms with van der Waals surface area (Å²) in [6, 6.07) is 1.94. The van der Waals surface area contributed by atoms with Gasteiger partial charge in [-0.2, -0.15) is 30.7 Å². The van der Waals surface area contributed by atoms with E-state index in [1.54, 1.807) is 0 Å². The fourth-order valence-corrected chi connectivity index (χ4v) is 1.54. The van der Waals surface area contributed by atoms with Crippen molar-refractivity contribution in [1.82, 2.24) is 0 Å². The molecule has 0 heterocycles. The third-order valence-corrected chi connectivity index (χ3v) is 2.98. The number of rotatable bonds is 3. The molecule has 11 heteroatoms. The molecule has 0 saturated heterocycles. The lowest BCUT2D eigenvalue weighted by atomic mass is 10.1. The number of aryl methyl sites for hydroxylation is 1. The molecule has 0 fully saturated rings. The highest BCUT2D eigenvalue weighted by Crippen LogP contribution is 2.47. The zero-order chi connectivity index (χ0) is 17.5. The maximum absolute atomic E-state index is 13.1. The molecule has 1 amide bonds. The van der Waals surface area contributed by atoms with Crippen molar-refractivity contribution < 1.29 is 40.6 Å². The van der Waals surface area contributed by atoms with Gasteiger partial charge in [-0.25, -0.2) is 0 Å². The number of hydrogen-bond donors (Lipinski definition) is 2. The quantitative estimate of drug-likeness (QED) is 0.803. The van der Waals surface area contributed by atoms with Gasteiger partial charge in [-0.15, -0.1) is 0 Å². The Morgan fingerprint density at radius 1 is 1.14 bits per heavy atom. The number of anilines is 1. The molecule has 1 aromatic carbocycles. The van der Waals surface area contributed by atoms with Crippen LogP contribution in [0.5, 0.6) is 5.75 Å². The van der Waals surface area contributed by atoms with Gasteiger partial charge in [0.1, 0.15) is 10.8 Å². The number of nitrogens with one attached hydrogen (secondary N) is 1. The van der Waals surface area contributed by atoms with Crippen LogP contribution in [-0.2, 0) is 4.79 Å². The van der Waals surface area contributed by atoms with Crippen molar-refractivity contribution in [3.05, 3.63) is 22.7 Å².